The summed E-state index contributed by atoms with van der Waals surface area (Å²) in [5.74, 6) is 3.26. The zero-order valence-corrected chi connectivity index (χ0v) is 38.5. The molecule has 2 aliphatic heterocycles. The summed E-state index contributed by atoms with van der Waals surface area (Å²) in [5.41, 5.74) is 9.66. The van der Waals surface area contributed by atoms with Gasteiger partial charge in [-0.2, -0.15) is 0 Å². The highest BCUT2D eigenvalue weighted by molar-refractivity contribution is 7.01. The second kappa shape index (κ2) is 15.6. The molecule has 2 aliphatic rings. The van der Waals surface area contributed by atoms with Crippen LogP contribution in [0.3, 0.4) is 0 Å². The molecule has 5 heteroatoms. The number of hydrogen-bond donors (Lipinski definition) is 0. The quantitative estimate of drug-likeness (QED) is 0.155. The van der Waals surface area contributed by atoms with Crippen LogP contribution in [0.2, 0.25) is 0 Å². The smallest absolute Gasteiger partial charge is 0.262 e. The number of benzene rings is 13. The van der Waals surface area contributed by atoms with Crippen molar-refractivity contribution in [1.82, 2.24) is 0 Å². The second-order valence-electron chi connectivity index (χ2n) is 18.8. The van der Waals surface area contributed by atoms with E-state index >= 15 is 0 Å². The van der Waals surface area contributed by atoms with Crippen LogP contribution in [0.15, 0.2) is 249 Å². The number of hydrogen-bond acceptors (Lipinski definition) is 4. The van der Waals surface area contributed by atoms with Gasteiger partial charge < -0.3 is 19.3 Å². The number of anilines is 6. The summed E-state index contributed by atoms with van der Waals surface area (Å²) in [6, 6.07) is 90.0. The standard InChI is InChI=1S/C66H41BN2O2/c1-5-18-46-36-50(32-28-42(46)14-1)68(51-33-29-43-15-2-6-19-47(43)37-51)58-40-62-64(56-24-11-9-22-54(56)58)67-65-57-25-12-10-23-55(57)59(41-63(65)71-61-27-13-26-60(70-62)66(61)67)69(52-34-30-44-16-3-7-20-48(44)38-52)53-35-31-45-17-4-8-21-49(45)39-53/h1-41H. The summed E-state index contributed by atoms with van der Waals surface area (Å²) in [4.78, 5) is 4.81. The molecule has 13 aromatic rings. The van der Waals surface area contributed by atoms with E-state index in [2.05, 4.69) is 259 Å². The van der Waals surface area contributed by atoms with Crippen LogP contribution in [0.1, 0.15) is 0 Å². The molecule has 0 amide bonds. The van der Waals surface area contributed by atoms with Crippen LogP contribution in [-0.4, -0.2) is 6.71 Å². The van der Waals surface area contributed by atoms with Crippen molar-refractivity contribution < 1.29 is 9.47 Å². The van der Waals surface area contributed by atoms with E-state index in [1.807, 2.05) is 0 Å². The Bertz CT molecular complexity index is 3920. The highest BCUT2D eigenvalue weighted by Gasteiger charge is 2.43. The van der Waals surface area contributed by atoms with Gasteiger partial charge in [0.2, 0.25) is 0 Å². The Morgan fingerprint density at radius 2 is 0.549 bits per heavy atom. The van der Waals surface area contributed by atoms with E-state index in [0.717, 1.165) is 95.1 Å². The highest BCUT2D eigenvalue weighted by Crippen LogP contribution is 2.48. The minimum absolute atomic E-state index is 0.198. The molecule has 0 aromatic heterocycles. The monoisotopic (exact) mass is 904 g/mol. The van der Waals surface area contributed by atoms with E-state index in [9.17, 15) is 0 Å². The topological polar surface area (TPSA) is 24.9 Å². The Morgan fingerprint density at radius 3 is 0.901 bits per heavy atom. The average Bonchev–Trinajstić information content (AvgIpc) is 3.43. The van der Waals surface area contributed by atoms with Crippen molar-refractivity contribution in [1.29, 1.82) is 0 Å². The first-order valence-electron chi connectivity index (χ1n) is 24.3. The number of rotatable bonds is 6. The Kier molecular flexibility index (Phi) is 8.72. The zero-order valence-electron chi connectivity index (χ0n) is 38.5. The summed E-state index contributed by atoms with van der Waals surface area (Å²) >= 11 is 0. The molecule has 0 aliphatic carbocycles. The minimum Gasteiger partial charge on any atom is -0.458 e. The molecular formula is C66H41BN2O2. The fourth-order valence-corrected chi connectivity index (χ4v) is 11.6. The minimum atomic E-state index is -0.198. The molecule has 15 rings (SSSR count). The molecule has 0 fully saturated rings. The van der Waals surface area contributed by atoms with Crippen molar-refractivity contribution >= 4 is 122 Å². The fourth-order valence-electron chi connectivity index (χ4n) is 11.6. The van der Waals surface area contributed by atoms with Crippen molar-refractivity contribution in [3.63, 3.8) is 0 Å². The molecule has 330 valence electrons. The molecule has 0 saturated heterocycles. The van der Waals surface area contributed by atoms with Gasteiger partial charge in [-0.25, -0.2) is 0 Å². The summed E-state index contributed by atoms with van der Waals surface area (Å²) < 4.78 is 14.4. The lowest BCUT2D eigenvalue weighted by Gasteiger charge is -2.37. The normalized spacial score (nSPS) is 12.4. The first kappa shape index (κ1) is 39.7. The lowest BCUT2D eigenvalue weighted by molar-refractivity contribution is 0.465. The van der Waals surface area contributed by atoms with Gasteiger partial charge in [-0.3, -0.25) is 0 Å². The third-order valence-electron chi connectivity index (χ3n) is 14.8. The van der Waals surface area contributed by atoms with Crippen molar-refractivity contribution in [3.05, 3.63) is 249 Å². The predicted octanol–water partition coefficient (Wildman–Crippen LogP) is 16.3. The Labute approximate surface area is 410 Å². The molecule has 0 unspecified atom stereocenters. The maximum Gasteiger partial charge on any atom is 0.262 e. The molecule has 71 heavy (non-hydrogen) atoms. The van der Waals surface area contributed by atoms with Crippen LogP contribution in [0.25, 0.3) is 64.6 Å². The lowest BCUT2D eigenvalue weighted by atomic mass is 9.33. The first-order chi connectivity index (χ1) is 35.2. The van der Waals surface area contributed by atoms with Crippen LogP contribution in [-0.2, 0) is 0 Å². The third kappa shape index (κ3) is 6.26. The van der Waals surface area contributed by atoms with E-state index in [0.29, 0.717) is 0 Å². The largest absolute Gasteiger partial charge is 0.458 e. The van der Waals surface area contributed by atoms with Crippen LogP contribution < -0.4 is 35.7 Å². The van der Waals surface area contributed by atoms with Crippen molar-refractivity contribution in [2.75, 3.05) is 9.80 Å². The van der Waals surface area contributed by atoms with Gasteiger partial charge in [-0.05, 0) is 125 Å². The molecular weight excluding hydrogens is 864 g/mol. The molecule has 0 spiro atoms. The van der Waals surface area contributed by atoms with Gasteiger partial charge in [-0.1, -0.05) is 176 Å². The molecule has 0 saturated carbocycles. The Hall–Kier alpha value is -9.32. The predicted molar refractivity (Wildman–Crippen MR) is 299 cm³/mol. The SMILES string of the molecule is c1cc2c3c(c1)Oc1cc(N(c4ccc5ccccc5c4)c4ccc5ccccc5c4)c4ccccc4c1B3c1c(cc(N(c3ccc4ccccc4c3)c3ccc4ccccc4c3)c3ccccc13)O2. The average molecular weight is 905 g/mol. The van der Waals surface area contributed by atoms with Crippen LogP contribution in [0.5, 0.6) is 23.0 Å². The molecule has 0 N–H and O–H groups in total. The van der Waals surface area contributed by atoms with E-state index in [4.69, 9.17) is 9.47 Å². The van der Waals surface area contributed by atoms with Gasteiger partial charge in [0.1, 0.15) is 23.0 Å². The number of nitrogens with zero attached hydrogens (tertiary/aromatic N) is 2. The molecule has 4 nitrogen and oxygen atoms in total. The highest BCUT2D eigenvalue weighted by atomic mass is 16.5. The Morgan fingerprint density at radius 1 is 0.239 bits per heavy atom. The summed E-state index contributed by atoms with van der Waals surface area (Å²) in [6.07, 6.45) is 0. The van der Waals surface area contributed by atoms with Gasteiger partial charge in [0.05, 0.1) is 11.4 Å². The third-order valence-corrected chi connectivity index (χ3v) is 14.8. The fraction of sp³-hybridized carbons (Fsp3) is 0. The van der Waals surface area contributed by atoms with Gasteiger partial charge in [0.25, 0.3) is 6.71 Å². The molecule has 0 radical (unpaired) electrons. The van der Waals surface area contributed by atoms with E-state index < -0.39 is 0 Å². The van der Waals surface area contributed by atoms with Gasteiger partial charge >= 0.3 is 0 Å². The van der Waals surface area contributed by atoms with Gasteiger partial charge in [-0.15, -0.1) is 0 Å². The number of fused-ring (bicyclic) bond motifs is 12. The molecule has 13 aromatic carbocycles. The maximum absolute atomic E-state index is 7.20. The van der Waals surface area contributed by atoms with Crippen molar-refractivity contribution in [3.8, 4) is 23.0 Å². The van der Waals surface area contributed by atoms with Gasteiger partial charge in [0.15, 0.2) is 0 Å². The van der Waals surface area contributed by atoms with Crippen LogP contribution in [0.4, 0.5) is 34.1 Å². The first-order valence-corrected chi connectivity index (χ1v) is 24.3. The van der Waals surface area contributed by atoms with Crippen molar-refractivity contribution in [2.45, 2.75) is 0 Å². The second-order valence-corrected chi connectivity index (χ2v) is 18.8. The van der Waals surface area contributed by atoms with Crippen LogP contribution in [0, 0.1) is 0 Å². The van der Waals surface area contributed by atoms with Gasteiger partial charge in [0, 0.05) is 51.1 Å². The Balaban J connectivity index is 0.977. The van der Waals surface area contributed by atoms with E-state index in [1.165, 1.54) is 43.1 Å². The maximum atomic E-state index is 7.20. The number of ether oxygens (including phenoxy) is 2. The van der Waals surface area contributed by atoms with E-state index in [1.54, 1.807) is 0 Å². The molecule has 2 heterocycles. The van der Waals surface area contributed by atoms with E-state index in [-0.39, 0.29) is 6.71 Å². The summed E-state index contributed by atoms with van der Waals surface area (Å²) in [6.45, 7) is -0.198. The zero-order chi connectivity index (χ0) is 46.6. The molecule has 0 bridgehead atoms. The molecule has 0 atom stereocenters. The summed E-state index contributed by atoms with van der Waals surface area (Å²) in [7, 11) is 0. The lowest BCUT2D eigenvalue weighted by Crippen LogP contribution is -2.58. The van der Waals surface area contributed by atoms with Crippen molar-refractivity contribution in [2.24, 2.45) is 0 Å². The summed E-state index contributed by atoms with van der Waals surface area (Å²) in [5, 5.41) is 14.1. The van der Waals surface area contributed by atoms with Crippen LogP contribution >= 0.6 is 0 Å².